The van der Waals surface area contributed by atoms with Gasteiger partial charge < -0.3 is 14.8 Å². The molecule has 0 fully saturated rings. The maximum absolute atomic E-state index is 13.5. The third-order valence-corrected chi connectivity index (χ3v) is 7.26. The number of hydrogen-bond acceptors (Lipinski definition) is 5. The van der Waals surface area contributed by atoms with Crippen molar-refractivity contribution in [2.75, 3.05) is 13.2 Å². The van der Waals surface area contributed by atoms with E-state index in [2.05, 4.69) is 48.9 Å². The summed E-state index contributed by atoms with van der Waals surface area (Å²) in [6, 6.07) is 3.93. The van der Waals surface area contributed by atoms with Crippen molar-refractivity contribution in [2.24, 2.45) is 10.8 Å². The molecule has 0 unspecified atom stereocenters. The first-order valence-corrected chi connectivity index (χ1v) is 12.6. The Morgan fingerprint density at radius 3 is 1.88 bits per heavy atom. The number of hydrogen-bond donors (Lipinski definition) is 1. The first-order chi connectivity index (χ1) is 15.5. The molecule has 0 spiro atoms. The number of benzene rings is 1. The number of carbonyl (C=O) groups excluding carboxylic acids is 2. The Morgan fingerprint density at radius 1 is 0.879 bits per heavy atom. The molecule has 2 aliphatic carbocycles. The largest absolute Gasteiger partial charge is 0.490 e. The lowest BCUT2D eigenvalue weighted by Crippen LogP contribution is -2.42. The van der Waals surface area contributed by atoms with Crippen LogP contribution in [0.4, 0.5) is 0 Å². The molecule has 1 aromatic rings. The Kier molecular flexibility index (Phi) is 6.27. The van der Waals surface area contributed by atoms with E-state index in [0.717, 1.165) is 45.4 Å². The third-order valence-electron chi connectivity index (χ3n) is 6.67. The molecule has 1 N–H and O–H groups in total. The number of carbonyl (C=O) groups is 2. The zero-order valence-corrected chi connectivity index (χ0v) is 22.1. The van der Waals surface area contributed by atoms with Gasteiger partial charge in [-0.05, 0) is 71.1 Å². The lowest BCUT2D eigenvalue weighted by Gasteiger charge is -2.44. The van der Waals surface area contributed by atoms with Gasteiger partial charge in [0.05, 0.1) is 17.7 Å². The van der Waals surface area contributed by atoms with Gasteiger partial charge in [-0.1, -0.05) is 27.7 Å². The summed E-state index contributed by atoms with van der Waals surface area (Å²) >= 11 is 3.66. The molecular formula is C27H34BrNO4. The highest BCUT2D eigenvalue weighted by Crippen LogP contribution is 2.52. The first kappa shape index (κ1) is 24.1. The second-order valence-electron chi connectivity index (χ2n) is 10.9. The molecule has 4 rings (SSSR count). The van der Waals surface area contributed by atoms with Crippen LogP contribution in [0.25, 0.3) is 0 Å². The summed E-state index contributed by atoms with van der Waals surface area (Å²) in [5.74, 6) is 1.11. The standard InChI is InChI=1S/C27H34BrNO4/c1-7-32-21-10-15(9-16(28)25(21)33-8-2)22-23-17(11-26(3,4)13-19(23)30)29-18-12-27(5,6)14-20(31)24(18)22/h9-10,22,29H,7-8,11-14H2,1-6H3. The molecule has 1 heterocycles. The fourth-order valence-electron chi connectivity index (χ4n) is 5.52. The van der Waals surface area contributed by atoms with Gasteiger partial charge in [-0.3, -0.25) is 9.59 Å². The average molecular weight is 516 g/mol. The predicted molar refractivity (Wildman–Crippen MR) is 132 cm³/mol. The lowest BCUT2D eigenvalue weighted by atomic mass is 9.64. The maximum Gasteiger partial charge on any atom is 0.175 e. The average Bonchev–Trinajstić information content (AvgIpc) is 2.67. The van der Waals surface area contributed by atoms with E-state index in [1.165, 1.54) is 0 Å². The van der Waals surface area contributed by atoms with Crippen LogP contribution in [-0.4, -0.2) is 24.8 Å². The van der Waals surface area contributed by atoms with Gasteiger partial charge >= 0.3 is 0 Å². The highest BCUT2D eigenvalue weighted by atomic mass is 79.9. The Labute approximate surface area is 205 Å². The van der Waals surface area contributed by atoms with E-state index in [1.807, 2.05) is 26.0 Å². The number of ether oxygens (including phenoxy) is 2. The number of nitrogens with one attached hydrogen (secondary N) is 1. The molecule has 0 bridgehead atoms. The lowest BCUT2D eigenvalue weighted by molar-refractivity contribution is -0.119. The van der Waals surface area contributed by atoms with Gasteiger partial charge in [0.1, 0.15) is 0 Å². The van der Waals surface area contributed by atoms with Crippen molar-refractivity contribution in [2.45, 2.75) is 73.1 Å². The molecule has 6 heteroatoms. The van der Waals surface area contributed by atoms with Crippen LogP contribution >= 0.6 is 15.9 Å². The summed E-state index contributed by atoms with van der Waals surface area (Å²) in [5.41, 5.74) is 4.06. The van der Waals surface area contributed by atoms with Gasteiger partial charge in [-0.2, -0.15) is 0 Å². The van der Waals surface area contributed by atoms with Crippen LogP contribution < -0.4 is 14.8 Å². The highest BCUT2D eigenvalue weighted by molar-refractivity contribution is 9.10. The minimum Gasteiger partial charge on any atom is -0.490 e. The topological polar surface area (TPSA) is 64.6 Å². The highest BCUT2D eigenvalue weighted by Gasteiger charge is 2.46. The van der Waals surface area contributed by atoms with Crippen molar-refractivity contribution in [1.29, 1.82) is 0 Å². The van der Waals surface area contributed by atoms with E-state index >= 15 is 0 Å². The van der Waals surface area contributed by atoms with Crippen LogP contribution in [0.1, 0.15) is 78.7 Å². The summed E-state index contributed by atoms with van der Waals surface area (Å²) < 4.78 is 12.5. The van der Waals surface area contributed by atoms with Gasteiger partial charge in [0.15, 0.2) is 23.1 Å². The number of Topliss-reactive ketones (excluding diaryl/α,β-unsaturated/α-hetero) is 2. The number of rotatable bonds is 5. The summed E-state index contributed by atoms with van der Waals surface area (Å²) in [7, 11) is 0. The second kappa shape index (κ2) is 8.61. The van der Waals surface area contributed by atoms with Gasteiger partial charge in [0, 0.05) is 41.3 Å². The molecule has 0 saturated heterocycles. The Balaban J connectivity index is 1.93. The monoisotopic (exact) mass is 515 g/mol. The molecule has 0 atom stereocenters. The van der Waals surface area contributed by atoms with Crippen LogP contribution in [0.5, 0.6) is 11.5 Å². The van der Waals surface area contributed by atoms with E-state index in [0.29, 0.717) is 37.6 Å². The van der Waals surface area contributed by atoms with Crippen LogP contribution in [-0.2, 0) is 9.59 Å². The maximum atomic E-state index is 13.5. The van der Waals surface area contributed by atoms with Crippen LogP contribution in [0.2, 0.25) is 0 Å². The number of dihydropyridines is 1. The van der Waals surface area contributed by atoms with Crippen molar-refractivity contribution in [3.63, 3.8) is 0 Å². The molecule has 1 aliphatic heterocycles. The summed E-state index contributed by atoms with van der Waals surface area (Å²) in [6.45, 7) is 13.4. The van der Waals surface area contributed by atoms with Crippen molar-refractivity contribution in [1.82, 2.24) is 5.32 Å². The number of halogens is 1. The summed E-state index contributed by atoms with van der Waals surface area (Å²) in [5, 5.41) is 3.57. The summed E-state index contributed by atoms with van der Waals surface area (Å²) in [4.78, 5) is 27.0. The Hall–Kier alpha value is -2.08. The molecule has 0 aromatic heterocycles. The van der Waals surface area contributed by atoms with Gasteiger partial charge in [0.2, 0.25) is 0 Å². The second-order valence-corrected chi connectivity index (χ2v) is 11.8. The van der Waals surface area contributed by atoms with Gasteiger partial charge in [-0.15, -0.1) is 0 Å². The predicted octanol–water partition coefficient (Wildman–Crippen LogP) is 6.22. The third kappa shape index (κ3) is 4.51. The summed E-state index contributed by atoms with van der Waals surface area (Å²) in [6.07, 6.45) is 2.52. The molecule has 178 valence electrons. The minimum atomic E-state index is -0.394. The molecule has 5 nitrogen and oxygen atoms in total. The normalized spacial score (nSPS) is 22.0. The van der Waals surface area contributed by atoms with Crippen molar-refractivity contribution in [3.8, 4) is 11.5 Å². The van der Waals surface area contributed by atoms with Crippen molar-refractivity contribution < 1.29 is 19.1 Å². The van der Waals surface area contributed by atoms with E-state index in [9.17, 15) is 9.59 Å². The van der Waals surface area contributed by atoms with E-state index < -0.39 is 5.92 Å². The van der Waals surface area contributed by atoms with E-state index in [-0.39, 0.29) is 22.4 Å². The van der Waals surface area contributed by atoms with Crippen LogP contribution in [0.15, 0.2) is 39.1 Å². The Morgan fingerprint density at radius 2 is 1.39 bits per heavy atom. The molecule has 0 radical (unpaired) electrons. The van der Waals surface area contributed by atoms with Gasteiger partial charge in [0.25, 0.3) is 0 Å². The minimum absolute atomic E-state index is 0.115. The Bertz CT molecular complexity index is 1030. The van der Waals surface area contributed by atoms with Crippen molar-refractivity contribution in [3.05, 3.63) is 44.7 Å². The first-order valence-electron chi connectivity index (χ1n) is 11.8. The van der Waals surface area contributed by atoms with Crippen LogP contribution in [0, 0.1) is 10.8 Å². The number of allylic oxidation sites excluding steroid dienone is 4. The molecular weight excluding hydrogens is 482 g/mol. The number of ketones is 2. The van der Waals surface area contributed by atoms with Gasteiger partial charge in [-0.25, -0.2) is 0 Å². The van der Waals surface area contributed by atoms with Crippen LogP contribution in [0.3, 0.4) is 0 Å². The molecule has 1 aromatic carbocycles. The van der Waals surface area contributed by atoms with E-state index in [4.69, 9.17) is 9.47 Å². The molecule has 0 saturated carbocycles. The van der Waals surface area contributed by atoms with E-state index in [1.54, 1.807) is 0 Å². The molecule has 33 heavy (non-hydrogen) atoms. The molecule has 3 aliphatic rings. The molecule has 0 amide bonds. The zero-order valence-electron chi connectivity index (χ0n) is 20.5. The fourth-order valence-corrected chi connectivity index (χ4v) is 6.10. The quantitative estimate of drug-likeness (QED) is 0.504. The van der Waals surface area contributed by atoms with Crippen molar-refractivity contribution >= 4 is 27.5 Å². The zero-order chi connectivity index (χ0) is 24.1. The SMILES string of the molecule is CCOc1cc(C2C3=C(CC(C)(C)CC3=O)NC3=C2C(=O)CC(C)(C)C3)cc(Br)c1OCC. The fraction of sp³-hybridized carbons (Fsp3) is 0.556. The smallest absolute Gasteiger partial charge is 0.175 e.